The summed E-state index contributed by atoms with van der Waals surface area (Å²) in [6.07, 6.45) is 3.55. The van der Waals surface area contributed by atoms with Crippen LogP contribution in [0.15, 0.2) is 0 Å². The monoisotopic (exact) mass is 252 g/mol. The molecule has 1 aliphatic carbocycles. The number of urea groups is 1. The molecule has 1 unspecified atom stereocenters. The molecule has 1 spiro atoms. The number of nitrogens with one attached hydrogen (secondary N) is 1. The van der Waals surface area contributed by atoms with Crippen LogP contribution in [0, 0.1) is 5.41 Å². The van der Waals surface area contributed by atoms with Gasteiger partial charge in [-0.3, -0.25) is 19.8 Å². The van der Waals surface area contributed by atoms with Gasteiger partial charge in [0.05, 0.1) is 12.6 Å². The lowest BCUT2D eigenvalue weighted by Gasteiger charge is -2.47. The molecule has 6 heteroatoms. The van der Waals surface area contributed by atoms with E-state index in [9.17, 15) is 14.4 Å². The van der Waals surface area contributed by atoms with Gasteiger partial charge in [-0.2, -0.15) is 0 Å². The minimum Gasteiger partial charge on any atom is -0.379 e. The number of hydrogen-bond donors (Lipinski definition) is 1. The van der Waals surface area contributed by atoms with Gasteiger partial charge in [0.1, 0.15) is 5.41 Å². The summed E-state index contributed by atoms with van der Waals surface area (Å²) in [6, 6.07) is -0.810. The molecule has 3 rings (SSSR count). The summed E-state index contributed by atoms with van der Waals surface area (Å²) in [5.41, 5.74) is -0.967. The number of nitrogens with zero attached hydrogens (tertiary/aromatic N) is 1. The molecule has 1 N–H and O–H groups in total. The van der Waals surface area contributed by atoms with Crippen molar-refractivity contribution in [3.63, 3.8) is 0 Å². The highest BCUT2D eigenvalue weighted by Gasteiger charge is 2.58. The van der Waals surface area contributed by atoms with Crippen molar-refractivity contribution < 1.29 is 19.1 Å². The zero-order valence-corrected chi connectivity index (χ0v) is 10.1. The normalized spacial score (nSPS) is 31.2. The Morgan fingerprint density at radius 2 is 2.00 bits per heavy atom. The van der Waals surface area contributed by atoms with E-state index < -0.39 is 17.4 Å². The van der Waals surface area contributed by atoms with Crippen LogP contribution >= 0.6 is 0 Å². The number of hydrogen-bond acceptors (Lipinski definition) is 4. The van der Waals surface area contributed by atoms with Crippen molar-refractivity contribution in [1.82, 2.24) is 10.2 Å². The van der Waals surface area contributed by atoms with Crippen molar-refractivity contribution in [2.45, 2.75) is 38.1 Å². The Morgan fingerprint density at radius 3 is 2.56 bits per heavy atom. The first-order chi connectivity index (χ1) is 8.65. The fourth-order valence-corrected chi connectivity index (χ4v) is 2.93. The summed E-state index contributed by atoms with van der Waals surface area (Å²) < 4.78 is 5.32. The van der Waals surface area contributed by atoms with Gasteiger partial charge in [-0.1, -0.05) is 6.42 Å². The Hall–Kier alpha value is -1.43. The van der Waals surface area contributed by atoms with E-state index in [1.54, 1.807) is 0 Å². The number of barbiturate groups is 1. The molecule has 0 bridgehead atoms. The summed E-state index contributed by atoms with van der Waals surface area (Å²) in [5.74, 6) is -0.741. The van der Waals surface area contributed by atoms with E-state index in [0.29, 0.717) is 26.1 Å². The number of amides is 4. The second-order valence-corrected chi connectivity index (χ2v) is 5.24. The summed E-state index contributed by atoms with van der Waals surface area (Å²) in [4.78, 5) is 37.4. The van der Waals surface area contributed by atoms with Crippen LogP contribution in [0.2, 0.25) is 0 Å². The van der Waals surface area contributed by atoms with Crippen LogP contribution in [0.1, 0.15) is 32.1 Å². The molecule has 0 aromatic rings. The van der Waals surface area contributed by atoms with Gasteiger partial charge in [0.15, 0.2) is 0 Å². The Morgan fingerprint density at radius 1 is 1.22 bits per heavy atom. The van der Waals surface area contributed by atoms with Gasteiger partial charge < -0.3 is 4.74 Å². The molecule has 0 aromatic heterocycles. The van der Waals surface area contributed by atoms with Gasteiger partial charge >= 0.3 is 6.03 Å². The van der Waals surface area contributed by atoms with Crippen molar-refractivity contribution in [3.05, 3.63) is 0 Å². The zero-order valence-electron chi connectivity index (χ0n) is 10.1. The van der Waals surface area contributed by atoms with Gasteiger partial charge in [-0.05, 0) is 25.7 Å². The van der Waals surface area contributed by atoms with E-state index in [2.05, 4.69) is 5.32 Å². The Bertz CT molecular complexity index is 410. The fraction of sp³-hybridized carbons (Fsp3) is 0.750. The lowest BCUT2D eigenvalue weighted by molar-refractivity contribution is -0.160. The van der Waals surface area contributed by atoms with Crippen LogP contribution in [-0.4, -0.2) is 42.0 Å². The molecule has 98 valence electrons. The SMILES string of the molecule is O=C1NC(=O)C2(CCC2)C(=O)N1C1CCCOC1. The molecule has 2 aliphatic heterocycles. The van der Waals surface area contributed by atoms with Crippen molar-refractivity contribution in [2.75, 3.05) is 13.2 Å². The Labute approximate surface area is 105 Å². The fourth-order valence-electron chi connectivity index (χ4n) is 2.93. The molecule has 0 aromatic carbocycles. The minimum atomic E-state index is -0.967. The van der Waals surface area contributed by atoms with E-state index in [-0.39, 0.29) is 11.9 Å². The maximum Gasteiger partial charge on any atom is 0.331 e. The van der Waals surface area contributed by atoms with E-state index in [1.165, 1.54) is 4.90 Å². The maximum absolute atomic E-state index is 12.4. The first-order valence-electron chi connectivity index (χ1n) is 6.42. The minimum absolute atomic E-state index is 0.225. The molecule has 3 fully saturated rings. The number of ether oxygens (including phenoxy) is 1. The van der Waals surface area contributed by atoms with Crippen LogP contribution in [0.5, 0.6) is 0 Å². The summed E-state index contributed by atoms with van der Waals surface area (Å²) >= 11 is 0. The summed E-state index contributed by atoms with van der Waals surface area (Å²) in [7, 11) is 0. The number of carbonyl (C=O) groups excluding carboxylic acids is 3. The lowest BCUT2D eigenvalue weighted by Crippen LogP contribution is -2.68. The Balaban J connectivity index is 1.86. The van der Waals surface area contributed by atoms with Crippen molar-refractivity contribution in [3.8, 4) is 0 Å². The Kier molecular flexibility index (Phi) is 2.62. The first kappa shape index (κ1) is 11.6. The highest BCUT2D eigenvalue weighted by molar-refractivity contribution is 6.19. The van der Waals surface area contributed by atoms with Crippen LogP contribution in [0.4, 0.5) is 4.79 Å². The van der Waals surface area contributed by atoms with Crippen molar-refractivity contribution in [2.24, 2.45) is 5.41 Å². The first-order valence-corrected chi connectivity index (χ1v) is 6.42. The van der Waals surface area contributed by atoms with Crippen LogP contribution in [0.25, 0.3) is 0 Å². The summed E-state index contributed by atoms with van der Waals surface area (Å²) in [5, 5.41) is 2.32. The van der Waals surface area contributed by atoms with Crippen molar-refractivity contribution >= 4 is 17.8 Å². The second-order valence-electron chi connectivity index (χ2n) is 5.24. The molecule has 6 nitrogen and oxygen atoms in total. The topological polar surface area (TPSA) is 75.7 Å². The molecule has 0 radical (unpaired) electrons. The van der Waals surface area contributed by atoms with E-state index in [1.807, 2.05) is 0 Å². The molecule has 4 amide bonds. The van der Waals surface area contributed by atoms with Gasteiger partial charge in [-0.15, -0.1) is 0 Å². The predicted octanol–water partition coefficient (Wildman–Crippen LogP) is 0.414. The van der Waals surface area contributed by atoms with Crippen LogP contribution < -0.4 is 5.32 Å². The van der Waals surface area contributed by atoms with Crippen molar-refractivity contribution in [1.29, 1.82) is 0 Å². The highest BCUT2D eigenvalue weighted by Crippen LogP contribution is 2.45. The number of imide groups is 2. The molecule has 18 heavy (non-hydrogen) atoms. The third-order valence-corrected chi connectivity index (χ3v) is 4.21. The third kappa shape index (κ3) is 1.48. The second kappa shape index (κ2) is 4.05. The molecule has 1 saturated carbocycles. The zero-order chi connectivity index (χ0) is 12.8. The molecular formula is C12H16N2O4. The largest absolute Gasteiger partial charge is 0.379 e. The average Bonchev–Trinajstić information content (AvgIpc) is 2.28. The molecule has 3 aliphatic rings. The van der Waals surface area contributed by atoms with E-state index >= 15 is 0 Å². The molecule has 2 heterocycles. The third-order valence-electron chi connectivity index (χ3n) is 4.21. The maximum atomic E-state index is 12.4. The smallest absolute Gasteiger partial charge is 0.331 e. The van der Waals surface area contributed by atoms with E-state index in [4.69, 9.17) is 4.74 Å². The van der Waals surface area contributed by atoms with Crippen LogP contribution in [-0.2, 0) is 14.3 Å². The average molecular weight is 252 g/mol. The molecule has 1 atom stereocenters. The standard InChI is InChI=1S/C12H16N2O4/c15-9-12(4-2-5-12)10(16)14(11(17)13-9)8-3-1-6-18-7-8/h8H,1-7H2,(H,13,15,17). The predicted molar refractivity (Wildman–Crippen MR) is 60.5 cm³/mol. The van der Waals surface area contributed by atoms with Gasteiger partial charge in [0.25, 0.3) is 0 Å². The van der Waals surface area contributed by atoms with Crippen LogP contribution in [0.3, 0.4) is 0 Å². The number of rotatable bonds is 1. The lowest BCUT2D eigenvalue weighted by atomic mass is 9.66. The van der Waals surface area contributed by atoms with E-state index in [0.717, 1.165) is 19.3 Å². The summed E-state index contributed by atoms with van der Waals surface area (Å²) in [6.45, 7) is 1.05. The number of carbonyl (C=O) groups is 3. The molecule has 2 saturated heterocycles. The van der Waals surface area contributed by atoms with Gasteiger partial charge in [0, 0.05) is 6.61 Å². The highest BCUT2D eigenvalue weighted by atomic mass is 16.5. The molecular weight excluding hydrogens is 236 g/mol. The van der Waals surface area contributed by atoms with Gasteiger partial charge in [-0.25, -0.2) is 4.79 Å². The van der Waals surface area contributed by atoms with Gasteiger partial charge in [0.2, 0.25) is 11.8 Å². The quantitative estimate of drug-likeness (QED) is 0.686.